The van der Waals surface area contributed by atoms with Gasteiger partial charge in [0, 0.05) is 5.02 Å². The highest BCUT2D eigenvalue weighted by Gasteiger charge is 2.24. The number of methoxy groups -OCH3 is 2. The summed E-state index contributed by atoms with van der Waals surface area (Å²) >= 11 is 7.43. The number of amides is 1. The molecule has 3 rings (SSSR count). The molecule has 0 atom stereocenters. The molecule has 0 bridgehead atoms. The van der Waals surface area contributed by atoms with Crippen LogP contribution in [0.25, 0.3) is 6.08 Å². The van der Waals surface area contributed by atoms with Gasteiger partial charge in [-0.3, -0.25) is 4.79 Å². The molecule has 0 saturated carbocycles. The minimum atomic E-state index is -0.187. The molecule has 0 aliphatic carbocycles. The Bertz CT molecular complexity index is 970. The third-order valence-corrected chi connectivity index (χ3v) is 5.49. The molecular weight excluding hydrogens is 384 g/mol. The molecule has 2 aromatic rings. The topological polar surface area (TPSA) is 59.9 Å². The van der Waals surface area contributed by atoms with E-state index in [0.717, 1.165) is 22.4 Å². The van der Waals surface area contributed by atoms with E-state index < -0.39 is 0 Å². The van der Waals surface area contributed by atoms with E-state index in [1.54, 1.807) is 14.2 Å². The SMILES string of the molecule is COc1cc(C)c(/C=C2\SC(=Nc3cccc(Cl)c3C)NC2=O)cc1OC. The number of rotatable bonds is 4. The molecule has 0 spiro atoms. The summed E-state index contributed by atoms with van der Waals surface area (Å²) in [7, 11) is 3.18. The van der Waals surface area contributed by atoms with E-state index >= 15 is 0 Å². The smallest absolute Gasteiger partial charge is 0.264 e. The van der Waals surface area contributed by atoms with E-state index in [1.165, 1.54) is 11.8 Å². The molecule has 1 fully saturated rings. The molecule has 1 aliphatic heterocycles. The molecule has 2 aromatic carbocycles. The summed E-state index contributed by atoms with van der Waals surface area (Å²) in [5, 5.41) is 3.96. The zero-order valence-electron chi connectivity index (χ0n) is 15.4. The van der Waals surface area contributed by atoms with Gasteiger partial charge in [0.25, 0.3) is 5.91 Å². The summed E-state index contributed by atoms with van der Waals surface area (Å²) in [6.07, 6.45) is 1.82. The molecule has 27 heavy (non-hydrogen) atoms. The van der Waals surface area contributed by atoms with E-state index in [1.807, 2.05) is 50.3 Å². The highest BCUT2D eigenvalue weighted by atomic mass is 35.5. The number of carbonyl (C=O) groups excluding carboxylic acids is 1. The van der Waals surface area contributed by atoms with E-state index in [-0.39, 0.29) is 5.91 Å². The van der Waals surface area contributed by atoms with Crippen molar-refractivity contribution < 1.29 is 14.3 Å². The zero-order valence-corrected chi connectivity index (χ0v) is 17.0. The van der Waals surface area contributed by atoms with Gasteiger partial charge < -0.3 is 14.8 Å². The van der Waals surface area contributed by atoms with Crippen LogP contribution in [0.5, 0.6) is 11.5 Å². The molecule has 1 amide bonds. The van der Waals surface area contributed by atoms with Crippen molar-refractivity contribution in [1.82, 2.24) is 5.32 Å². The van der Waals surface area contributed by atoms with Gasteiger partial charge in [-0.05, 0) is 72.6 Å². The highest BCUT2D eigenvalue weighted by molar-refractivity contribution is 8.18. The van der Waals surface area contributed by atoms with Crippen molar-refractivity contribution in [2.75, 3.05) is 14.2 Å². The Labute approximate surface area is 167 Å². The fourth-order valence-electron chi connectivity index (χ4n) is 2.60. The number of nitrogens with one attached hydrogen (secondary N) is 1. The van der Waals surface area contributed by atoms with Gasteiger partial charge in [0.05, 0.1) is 24.8 Å². The van der Waals surface area contributed by atoms with Crippen molar-refractivity contribution in [1.29, 1.82) is 0 Å². The number of hydrogen-bond donors (Lipinski definition) is 1. The molecule has 0 unspecified atom stereocenters. The largest absolute Gasteiger partial charge is 0.493 e. The Kier molecular flexibility index (Phi) is 5.77. The van der Waals surface area contributed by atoms with Gasteiger partial charge >= 0.3 is 0 Å². The summed E-state index contributed by atoms with van der Waals surface area (Å²) in [4.78, 5) is 17.4. The number of carbonyl (C=O) groups is 1. The third kappa shape index (κ3) is 4.12. The van der Waals surface area contributed by atoms with Crippen LogP contribution in [-0.4, -0.2) is 25.3 Å². The third-order valence-electron chi connectivity index (χ3n) is 4.17. The lowest BCUT2D eigenvalue weighted by molar-refractivity contribution is -0.115. The summed E-state index contributed by atoms with van der Waals surface area (Å²) in [6, 6.07) is 9.24. The normalized spacial score (nSPS) is 16.7. The Morgan fingerprint density at radius 2 is 1.85 bits per heavy atom. The quantitative estimate of drug-likeness (QED) is 0.741. The minimum absolute atomic E-state index is 0.187. The van der Waals surface area contributed by atoms with Crippen LogP contribution in [0.3, 0.4) is 0 Å². The van der Waals surface area contributed by atoms with Gasteiger partial charge in [0.15, 0.2) is 16.7 Å². The van der Waals surface area contributed by atoms with Crippen LogP contribution >= 0.6 is 23.4 Å². The maximum Gasteiger partial charge on any atom is 0.264 e. The molecule has 140 valence electrons. The molecule has 0 radical (unpaired) electrons. The number of benzene rings is 2. The second-order valence-corrected chi connectivity index (χ2v) is 7.37. The number of halogens is 1. The number of thioether (sulfide) groups is 1. The standard InChI is InChI=1S/C20H19ClN2O3S/c1-11-8-16(25-3)17(26-4)9-13(11)10-18-19(24)23-20(27-18)22-15-7-5-6-14(21)12(15)2/h5-10H,1-4H3,(H,22,23,24)/b18-10-. The van der Waals surface area contributed by atoms with Crippen LogP contribution in [0.1, 0.15) is 16.7 Å². The number of aryl methyl sites for hydroxylation is 1. The number of ether oxygens (including phenoxy) is 2. The van der Waals surface area contributed by atoms with Gasteiger partial charge in [-0.25, -0.2) is 4.99 Å². The van der Waals surface area contributed by atoms with Crippen LogP contribution in [0.15, 0.2) is 40.2 Å². The van der Waals surface area contributed by atoms with E-state index in [2.05, 4.69) is 10.3 Å². The number of amidine groups is 1. The first-order chi connectivity index (χ1) is 12.9. The first kappa shape index (κ1) is 19.3. The van der Waals surface area contributed by atoms with Gasteiger partial charge in [-0.1, -0.05) is 17.7 Å². The van der Waals surface area contributed by atoms with E-state index in [0.29, 0.717) is 26.6 Å². The Hall–Kier alpha value is -2.44. The maximum atomic E-state index is 12.4. The minimum Gasteiger partial charge on any atom is -0.493 e. The van der Waals surface area contributed by atoms with Crippen molar-refractivity contribution in [3.8, 4) is 11.5 Å². The number of nitrogens with zero attached hydrogens (tertiary/aromatic N) is 1. The molecular formula is C20H19ClN2O3S. The van der Waals surface area contributed by atoms with Gasteiger partial charge in [0.1, 0.15) is 0 Å². The van der Waals surface area contributed by atoms with Gasteiger partial charge in [-0.2, -0.15) is 0 Å². The van der Waals surface area contributed by atoms with Gasteiger partial charge in [-0.15, -0.1) is 0 Å². The predicted octanol–water partition coefficient (Wildman–Crippen LogP) is 4.87. The molecule has 7 heteroatoms. The number of hydrogen-bond acceptors (Lipinski definition) is 5. The van der Waals surface area contributed by atoms with Crippen molar-refractivity contribution in [2.24, 2.45) is 4.99 Å². The maximum absolute atomic E-state index is 12.4. The average molecular weight is 403 g/mol. The monoisotopic (exact) mass is 402 g/mol. The lowest BCUT2D eigenvalue weighted by atomic mass is 10.1. The van der Waals surface area contributed by atoms with Crippen LogP contribution in [0.2, 0.25) is 5.02 Å². The van der Waals surface area contributed by atoms with Crippen molar-refractivity contribution in [2.45, 2.75) is 13.8 Å². The predicted molar refractivity (Wildman–Crippen MR) is 111 cm³/mol. The van der Waals surface area contributed by atoms with Crippen LogP contribution < -0.4 is 14.8 Å². The summed E-state index contributed by atoms with van der Waals surface area (Å²) in [5.74, 6) is 1.08. The zero-order chi connectivity index (χ0) is 19.6. The molecule has 1 N–H and O–H groups in total. The highest BCUT2D eigenvalue weighted by Crippen LogP contribution is 2.34. The average Bonchev–Trinajstić information content (AvgIpc) is 2.99. The lowest BCUT2D eigenvalue weighted by Gasteiger charge is -2.10. The lowest BCUT2D eigenvalue weighted by Crippen LogP contribution is -2.19. The fourth-order valence-corrected chi connectivity index (χ4v) is 3.60. The van der Waals surface area contributed by atoms with E-state index in [4.69, 9.17) is 21.1 Å². The van der Waals surface area contributed by atoms with Crippen LogP contribution in [0.4, 0.5) is 5.69 Å². The first-order valence-electron chi connectivity index (χ1n) is 8.20. The Balaban J connectivity index is 1.92. The second kappa shape index (κ2) is 8.06. The van der Waals surface area contributed by atoms with Gasteiger partial charge in [0.2, 0.25) is 0 Å². The first-order valence-corrected chi connectivity index (χ1v) is 9.39. The molecule has 5 nitrogen and oxygen atoms in total. The van der Waals surface area contributed by atoms with Crippen molar-refractivity contribution in [3.63, 3.8) is 0 Å². The molecule has 1 saturated heterocycles. The fraction of sp³-hybridized carbons (Fsp3) is 0.200. The summed E-state index contributed by atoms with van der Waals surface area (Å²) in [5.41, 5.74) is 3.46. The summed E-state index contributed by atoms with van der Waals surface area (Å²) in [6.45, 7) is 3.85. The Morgan fingerprint density at radius 1 is 1.15 bits per heavy atom. The Morgan fingerprint density at radius 3 is 2.56 bits per heavy atom. The van der Waals surface area contributed by atoms with E-state index in [9.17, 15) is 4.79 Å². The number of aliphatic imine (C=N–C) groups is 1. The van der Waals surface area contributed by atoms with Crippen molar-refractivity contribution in [3.05, 3.63) is 56.9 Å². The molecule has 1 heterocycles. The summed E-state index contributed by atoms with van der Waals surface area (Å²) < 4.78 is 10.7. The van der Waals surface area contributed by atoms with Crippen LogP contribution in [-0.2, 0) is 4.79 Å². The van der Waals surface area contributed by atoms with Crippen LogP contribution in [0, 0.1) is 13.8 Å². The second-order valence-electron chi connectivity index (χ2n) is 5.93. The molecule has 1 aliphatic rings. The van der Waals surface area contributed by atoms with Crippen molar-refractivity contribution >= 4 is 46.2 Å². The molecule has 0 aromatic heterocycles.